The Balaban J connectivity index is 1.99. The first-order valence-electron chi connectivity index (χ1n) is 8.23. The second-order valence-corrected chi connectivity index (χ2v) is 5.56. The Bertz CT molecular complexity index is 691. The summed E-state index contributed by atoms with van der Waals surface area (Å²) in [5.74, 6) is -0.832. The highest BCUT2D eigenvalue weighted by atomic mass is 16.7. The number of phenols is 1. The lowest BCUT2D eigenvalue weighted by Gasteiger charge is -2.39. The summed E-state index contributed by atoms with van der Waals surface area (Å²) in [5.41, 5.74) is 0.313. The maximum atomic E-state index is 11.9. The third-order valence-corrected chi connectivity index (χ3v) is 3.83. The van der Waals surface area contributed by atoms with E-state index in [0.29, 0.717) is 5.56 Å². The van der Waals surface area contributed by atoms with Crippen LogP contribution in [0.4, 0.5) is 0 Å². The van der Waals surface area contributed by atoms with Crippen molar-refractivity contribution in [3.63, 3.8) is 0 Å². The van der Waals surface area contributed by atoms with Crippen LogP contribution in [0.5, 0.6) is 11.5 Å². The minimum atomic E-state index is -1.53. The molecule has 1 aromatic rings. The summed E-state index contributed by atoms with van der Waals surface area (Å²) in [6, 6.07) is 3.95. The first kappa shape index (κ1) is 18.6. The number of hydrogen-bond donors (Lipinski definition) is 4. The van der Waals surface area contributed by atoms with E-state index in [9.17, 15) is 25.2 Å². The number of benzene rings is 1. The minimum Gasteiger partial charge on any atom is -0.504 e. The van der Waals surface area contributed by atoms with E-state index < -0.39 is 43.3 Å². The van der Waals surface area contributed by atoms with Gasteiger partial charge < -0.3 is 39.4 Å². The molecular formula is C17H22O9. The van der Waals surface area contributed by atoms with Crippen molar-refractivity contribution in [2.45, 2.75) is 30.7 Å². The van der Waals surface area contributed by atoms with Crippen molar-refractivity contribution < 1.29 is 45.5 Å². The summed E-state index contributed by atoms with van der Waals surface area (Å²) in [6.45, 7) is -0.424. The zero-order valence-electron chi connectivity index (χ0n) is 15.2. The van der Waals surface area contributed by atoms with E-state index >= 15 is 0 Å². The molecule has 0 saturated carbocycles. The van der Waals surface area contributed by atoms with Gasteiger partial charge >= 0.3 is 5.97 Å². The number of carbonyl (C=O) groups is 1. The van der Waals surface area contributed by atoms with Gasteiger partial charge in [-0.25, -0.2) is 4.79 Å². The third-order valence-electron chi connectivity index (χ3n) is 3.83. The van der Waals surface area contributed by atoms with Gasteiger partial charge in [0.2, 0.25) is 0 Å². The number of aliphatic hydroxyl groups is 3. The lowest BCUT2D eigenvalue weighted by molar-refractivity contribution is -0.294. The van der Waals surface area contributed by atoms with Crippen LogP contribution in [0.1, 0.15) is 6.93 Å². The molecule has 0 spiro atoms. The van der Waals surface area contributed by atoms with Gasteiger partial charge in [0.1, 0.15) is 31.0 Å². The molecule has 0 aromatic heterocycles. The molecule has 1 aromatic carbocycles. The van der Waals surface area contributed by atoms with E-state index in [1.165, 1.54) is 32.4 Å². The van der Waals surface area contributed by atoms with Crippen LogP contribution in [0.25, 0.3) is 6.05 Å². The number of hydrogen-bond acceptors (Lipinski definition) is 9. The van der Waals surface area contributed by atoms with Gasteiger partial charge in [-0.1, -0.05) is 6.07 Å². The van der Waals surface area contributed by atoms with Gasteiger partial charge in [0.15, 0.2) is 17.8 Å². The van der Waals surface area contributed by atoms with Crippen molar-refractivity contribution in [2.75, 3.05) is 20.8 Å². The Hall–Kier alpha value is -2.17. The molecule has 0 radical (unpaired) electrons. The number of phenolic OH excluding ortho intramolecular Hbond substituents is 1. The first-order valence-corrected chi connectivity index (χ1v) is 7.73. The van der Waals surface area contributed by atoms with E-state index in [1.54, 1.807) is 0 Å². The molecule has 9 nitrogen and oxygen atoms in total. The maximum Gasteiger partial charge on any atom is 0.330 e. The molecule has 1 unspecified atom stereocenters. The number of carbonyl (C=O) groups excluding carboxylic acids is 1. The second kappa shape index (κ2) is 8.97. The fourth-order valence-electron chi connectivity index (χ4n) is 2.36. The average molecular weight is 371 g/mol. The van der Waals surface area contributed by atoms with Gasteiger partial charge in [0.25, 0.3) is 0 Å². The van der Waals surface area contributed by atoms with Gasteiger partial charge in [-0.05, 0) is 23.7 Å². The number of methoxy groups -OCH3 is 2. The highest BCUT2D eigenvalue weighted by Gasteiger charge is 2.44. The van der Waals surface area contributed by atoms with Crippen LogP contribution in [-0.4, -0.2) is 77.9 Å². The van der Waals surface area contributed by atoms with Crippen molar-refractivity contribution in [1.82, 2.24) is 0 Å². The lowest BCUT2D eigenvalue weighted by Crippen LogP contribution is -2.59. The molecule has 0 amide bonds. The van der Waals surface area contributed by atoms with E-state index in [1.807, 2.05) is 0 Å². The number of ether oxygens (including phenoxy) is 4. The Kier molecular flexibility index (Phi) is 6.42. The molecular weight excluding hydrogens is 348 g/mol. The average Bonchev–Trinajstić information content (AvgIpc) is 2.65. The van der Waals surface area contributed by atoms with E-state index in [4.69, 9.17) is 20.3 Å². The van der Waals surface area contributed by atoms with Crippen molar-refractivity contribution in [3.05, 3.63) is 29.8 Å². The molecule has 26 heavy (non-hydrogen) atoms. The number of aromatic hydroxyl groups is 1. The highest BCUT2D eigenvalue weighted by Crippen LogP contribution is 2.26. The van der Waals surface area contributed by atoms with Gasteiger partial charge in [-0.2, -0.15) is 0 Å². The van der Waals surface area contributed by atoms with E-state index in [0.717, 1.165) is 6.08 Å². The van der Waals surface area contributed by atoms with Crippen LogP contribution in [-0.2, 0) is 19.0 Å². The molecule has 2 rings (SSSR count). The predicted molar refractivity (Wildman–Crippen MR) is 88.3 cm³/mol. The molecule has 9 heteroatoms. The van der Waals surface area contributed by atoms with Crippen LogP contribution >= 0.6 is 0 Å². The van der Waals surface area contributed by atoms with Crippen molar-refractivity contribution in [1.29, 1.82) is 0 Å². The van der Waals surface area contributed by atoms with Crippen LogP contribution in [0, 0.1) is 0 Å². The summed E-state index contributed by atoms with van der Waals surface area (Å²) in [5, 5.41) is 38.9. The highest BCUT2D eigenvalue weighted by molar-refractivity contribution is 5.87. The van der Waals surface area contributed by atoms with Gasteiger partial charge in [-0.3, -0.25) is 0 Å². The lowest BCUT2D eigenvalue weighted by atomic mass is 9.99. The quantitative estimate of drug-likeness (QED) is 0.382. The van der Waals surface area contributed by atoms with E-state index in [2.05, 4.69) is 0 Å². The number of aliphatic hydroxyl groups excluding tert-OH is 3. The smallest absolute Gasteiger partial charge is 0.330 e. The summed E-state index contributed by atoms with van der Waals surface area (Å²) >= 11 is 0. The zero-order valence-corrected chi connectivity index (χ0v) is 14.2. The van der Waals surface area contributed by atoms with Crippen LogP contribution in [0.3, 0.4) is 0 Å². The molecule has 5 atom stereocenters. The normalized spacial score (nSPS) is 29.8. The summed E-state index contributed by atoms with van der Waals surface area (Å²) in [7, 11) is 2.61. The Labute approximate surface area is 151 Å². The Morgan fingerprint density at radius 2 is 2.00 bits per heavy atom. The van der Waals surface area contributed by atoms with Crippen molar-refractivity contribution in [2.24, 2.45) is 0 Å². The molecule has 0 bridgehead atoms. The molecule has 1 heterocycles. The standard InChI is InChI=1S/C17H22O9/c1-23-11-7-9(3-5-10(11)18)4-6-13(19)25-8-12-14(20)15(21)16(22)17(24-2)26-12/h3-7,12,14-18,20-22H,8H2,1-2H3/b6-4+/t12-,14-,15+,16-,17?/m1/s1/i4D. The molecule has 1 fully saturated rings. The van der Waals surface area contributed by atoms with Gasteiger partial charge in [-0.15, -0.1) is 0 Å². The third kappa shape index (κ3) is 4.71. The number of esters is 1. The zero-order chi connectivity index (χ0) is 20.1. The number of rotatable bonds is 6. The Morgan fingerprint density at radius 1 is 1.27 bits per heavy atom. The molecule has 0 aliphatic carbocycles. The molecule has 1 aliphatic heterocycles. The SMILES string of the molecule is [2H]/C(=C\C(=O)OC[C@H]1OC(OC)[C@H](O)[C@@H](O)[C@@H]1O)c1ccc(O)c(OC)c1. The summed E-state index contributed by atoms with van der Waals surface area (Å²) in [4.78, 5) is 11.9. The largest absolute Gasteiger partial charge is 0.504 e. The molecule has 1 saturated heterocycles. The molecule has 1 aliphatic rings. The van der Waals surface area contributed by atoms with Crippen molar-refractivity contribution in [3.8, 4) is 11.5 Å². The van der Waals surface area contributed by atoms with Crippen LogP contribution in [0.2, 0.25) is 0 Å². The monoisotopic (exact) mass is 371 g/mol. The second-order valence-electron chi connectivity index (χ2n) is 5.56. The predicted octanol–water partition coefficient (Wildman–Crippen LogP) is -0.589. The fourth-order valence-corrected chi connectivity index (χ4v) is 2.36. The molecule has 4 N–H and O–H groups in total. The fraction of sp³-hybridized carbons (Fsp3) is 0.471. The topological polar surface area (TPSA) is 135 Å². The maximum absolute atomic E-state index is 11.9. The van der Waals surface area contributed by atoms with Gasteiger partial charge in [0.05, 0.1) is 8.48 Å². The molecule has 144 valence electrons. The first-order chi connectivity index (χ1) is 12.8. The van der Waals surface area contributed by atoms with Gasteiger partial charge in [0, 0.05) is 13.2 Å². The van der Waals surface area contributed by atoms with Crippen LogP contribution < -0.4 is 4.74 Å². The Morgan fingerprint density at radius 3 is 2.65 bits per heavy atom. The van der Waals surface area contributed by atoms with Crippen LogP contribution in [0.15, 0.2) is 24.3 Å². The summed E-state index contributed by atoms with van der Waals surface area (Å²) in [6.07, 6.45) is -5.85. The van der Waals surface area contributed by atoms with Crippen molar-refractivity contribution >= 4 is 12.0 Å². The van der Waals surface area contributed by atoms with E-state index in [-0.39, 0.29) is 17.6 Å². The minimum absolute atomic E-state index is 0.103. The summed E-state index contributed by atoms with van der Waals surface area (Å²) < 4.78 is 27.9.